The largest absolute Gasteiger partial charge is 0.493 e. The minimum atomic E-state index is -0.271. The van der Waals surface area contributed by atoms with Crippen molar-refractivity contribution in [2.45, 2.75) is 6.92 Å². The molecule has 21 heavy (non-hydrogen) atoms. The lowest BCUT2D eigenvalue weighted by molar-refractivity contribution is 0.0954. The smallest absolute Gasteiger partial charge is 0.272 e. The highest BCUT2D eigenvalue weighted by atomic mass is 79.9. The van der Waals surface area contributed by atoms with Gasteiger partial charge in [0.2, 0.25) is 0 Å². The third-order valence-electron chi connectivity index (χ3n) is 2.71. The van der Waals surface area contributed by atoms with Gasteiger partial charge in [-0.1, -0.05) is 24.3 Å². The topological polar surface area (TPSA) is 50.7 Å². The second-order valence-corrected chi connectivity index (χ2v) is 5.00. The zero-order valence-corrected chi connectivity index (χ0v) is 13.1. The summed E-state index contributed by atoms with van der Waals surface area (Å²) in [6.45, 7) is 2.50. The van der Waals surface area contributed by atoms with E-state index in [0.29, 0.717) is 12.2 Å². The van der Waals surface area contributed by atoms with Crippen molar-refractivity contribution in [2.24, 2.45) is 5.10 Å². The van der Waals surface area contributed by atoms with E-state index in [1.165, 1.54) is 0 Å². The quantitative estimate of drug-likeness (QED) is 0.664. The first-order chi connectivity index (χ1) is 10.2. The van der Waals surface area contributed by atoms with Gasteiger partial charge >= 0.3 is 0 Å². The van der Waals surface area contributed by atoms with Gasteiger partial charge in [0.25, 0.3) is 5.91 Å². The van der Waals surface area contributed by atoms with E-state index < -0.39 is 0 Å². The molecule has 0 aliphatic rings. The summed E-state index contributed by atoms with van der Waals surface area (Å²) in [4.78, 5) is 12.0. The lowest BCUT2D eigenvalue weighted by atomic mass is 10.2. The van der Waals surface area contributed by atoms with Gasteiger partial charge in [-0.15, -0.1) is 0 Å². The van der Waals surface area contributed by atoms with Crippen LogP contribution in [0.15, 0.2) is 58.1 Å². The van der Waals surface area contributed by atoms with Crippen molar-refractivity contribution in [1.29, 1.82) is 0 Å². The van der Waals surface area contributed by atoms with Gasteiger partial charge < -0.3 is 4.74 Å². The van der Waals surface area contributed by atoms with Crippen LogP contribution in [0.3, 0.4) is 0 Å². The number of amides is 1. The van der Waals surface area contributed by atoms with E-state index in [2.05, 4.69) is 26.5 Å². The number of para-hydroxylation sites is 1. The molecule has 0 saturated carbocycles. The Morgan fingerprint density at radius 1 is 1.24 bits per heavy atom. The standard InChI is InChI=1S/C16H15BrN2O2/c1-2-21-15-10-6-3-7-12(15)11-18-19-16(20)13-8-4-5-9-14(13)17/h3-11H,2H2,1H3,(H,19,20)/b18-11-. The van der Waals surface area contributed by atoms with Crippen LogP contribution in [0.5, 0.6) is 5.75 Å². The van der Waals surface area contributed by atoms with Crippen LogP contribution in [0.4, 0.5) is 0 Å². The minimum absolute atomic E-state index is 0.271. The first-order valence-corrected chi connectivity index (χ1v) is 7.31. The second kappa shape index (κ2) is 7.59. The van der Waals surface area contributed by atoms with Crippen molar-refractivity contribution in [3.63, 3.8) is 0 Å². The molecule has 2 aromatic carbocycles. The number of nitrogens with one attached hydrogen (secondary N) is 1. The summed E-state index contributed by atoms with van der Waals surface area (Å²) in [5, 5.41) is 3.98. The highest BCUT2D eigenvalue weighted by molar-refractivity contribution is 9.10. The molecular formula is C16H15BrN2O2. The van der Waals surface area contributed by atoms with Crippen LogP contribution in [-0.4, -0.2) is 18.7 Å². The summed E-state index contributed by atoms with van der Waals surface area (Å²) < 4.78 is 6.22. The summed E-state index contributed by atoms with van der Waals surface area (Å²) >= 11 is 3.33. The number of halogens is 1. The van der Waals surface area contributed by atoms with Crippen molar-refractivity contribution < 1.29 is 9.53 Å². The van der Waals surface area contributed by atoms with Crippen molar-refractivity contribution in [1.82, 2.24) is 5.43 Å². The molecule has 1 N–H and O–H groups in total. The number of benzene rings is 2. The van der Waals surface area contributed by atoms with Crippen molar-refractivity contribution in [3.05, 3.63) is 64.1 Å². The van der Waals surface area contributed by atoms with Gasteiger partial charge in [0.15, 0.2) is 0 Å². The van der Waals surface area contributed by atoms with E-state index in [1.807, 2.05) is 43.3 Å². The van der Waals surface area contributed by atoms with E-state index >= 15 is 0 Å². The predicted octanol–water partition coefficient (Wildman–Crippen LogP) is 3.61. The first-order valence-electron chi connectivity index (χ1n) is 6.52. The van der Waals surface area contributed by atoms with E-state index in [1.54, 1.807) is 18.3 Å². The van der Waals surface area contributed by atoms with Crippen molar-refractivity contribution >= 4 is 28.1 Å². The molecular weight excluding hydrogens is 332 g/mol. The monoisotopic (exact) mass is 346 g/mol. The Kier molecular flexibility index (Phi) is 5.51. The molecule has 0 fully saturated rings. The fourth-order valence-electron chi connectivity index (χ4n) is 1.74. The van der Waals surface area contributed by atoms with E-state index in [-0.39, 0.29) is 5.91 Å². The molecule has 0 radical (unpaired) electrons. The molecule has 4 nitrogen and oxygen atoms in total. The molecule has 0 aromatic heterocycles. The highest BCUT2D eigenvalue weighted by Crippen LogP contribution is 2.16. The van der Waals surface area contributed by atoms with Crippen LogP contribution >= 0.6 is 15.9 Å². The summed E-state index contributed by atoms with van der Waals surface area (Å²) in [6.07, 6.45) is 1.57. The third kappa shape index (κ3) is 4.16. The molecule has 0 atom stereocenters. The van der Waals surface area contributed by atoms with E-state index in [4.69, 9.17) is 4.74 Å². The summed E-state index contributed by atoms with van der Waals surface area (Å²) in [5.41, 5.74) is 3.85. The number of hydrogen-bond donors (Lipinski definition) is 1. The molecule has 0 aliphatic carbocycles. The average molecular weight is 347 g/mol. The number of carbonyl (C=O) groups excluding carboxylic acids is 1. The maximum atomic E-state index is 12.0. The van der Waals surface area contributed by atoms with Crippen LogP contribution in [0.2, 0.25) is 0 Å². The number of nitrogens with zero attached hydrogens (tertiary/aromatic N) is 1. The molecule has 0 spiro atoms. The van der Waals surface area contributed by atoms with Crippen LogP contribution in [-0.2, 0) is 0 Å². The predicted molar refractivity (Wildman–Crippen MR) is 86.8 cm³/mol. The molecule has 0 heterocycles. The number of ether oxygens (including phenoxy) is 1. The Bertz CT molecular complexity index is 656. The fraction of sp³-hybridized carbons (Fsp3) is 0.125. The van der Waals surface area contributed by atoms with E-state index in [9.17, 15) is 4.79 Å². The minimum Gasteiger partial charge on any atom is -0.493 e. The molecule has 0 unspecified atom stereocenters. The molecule has 2 rings (SSSR count). The van der Waals surface area contributed by atoms with Crippen molar-refractivity contribution in [2.75, 3.05) is 6.61 Å². The Balaban J connectivity index is 2.06. The Morgan fingerprint density at radius 2 is 1.95 bits per heavy atom. The van der Waals surface area contributed by atoms with Gasteiger partial charge in [-0.2, -0.15) is 5.10 Å². The number of hydrogen-bond acceptors (Lipinski definition) is 3. The first kappa shape index (κ1) is 15.3. The van der Waals surface area contributed by atoms with Crippen LogP contribution < -0.4 is 10.2 Å². The maximum Gasteiger partial charge on any atom is 0.272 e. The summed E-state index contributed by atoms with van der Waals surface area (Å²) in [7, 11) is 0. The van der Waals surface area contributed by atoms with Gasteiger partial charge in [-0.05, 0) is 47.1 Å². The Morgan fingerprint density at radius 3 is 2.71 bits per heavy atom. The zero-order valence-electron chi connectivity index (χ0n) is 11.5. The van der Waals surface area contributed by atoms with Crippen LogP contribution in [0, 0.1) is 0 Å². The van der Waals surface area contributed by atoms with Crippen LogP contribution in [0.25, 0.3) is 0 Å². The summed E-state index contributed by atoms with van der Waals surface area (Å²) in [5.74, 6) is 0.464. The molecule has 1 amide bonds. The normalized spacial score (nSPS) is 10.6. The van der Waals surface area contributed by atoms with Gasteiger partial charge in [-0.3, -0.25) is 4.79 Å². The number of hydrazone groups is 1. The van der Waals surface area contributed by atoms with E-state index in [0.717, 1.165) is 15.8 Å². The SMILES string of the molecule is CCOc1ccccc1/C=N\NC(=O)c1ccccc1Br. The second-order valence-electron chi connectivity index (χ2n) is 4.15. The third-order valence-corrected chi connectivity index (χ3v) is 3.40. The Hall–Kier alpha value is -2.14. The van der Waals surface area contributed by atoms with Gasteiger partial charge in [0.05, 0.1) is 18.4 Å². The van der Waals surface area contributed by atoms with Crippen molar-refractivity contribution in [3.8, 4) is 5.75 Å². The van der Waals surface area contributed by atoms with Gasteiger partial charge in [-0.25, -0.2) is 5.43 Å². The molecule has 0 saturated heterocycles. The van der Waals surface area contributed by atoms with Crippen LogP contribution in [0.1, 0.15) is 22.8 Å². The molecule has 0 aliphatic heterocycles. The summed E-state index contributed by atoms with van der Waals surface area (Å²) in [6, 6.07) is 14.7. The number of carbonyl (C=O) groups is 1. The zero-order chi connectivity index (χ0) is 15.1. The average Bonchev–Trinajstić information content (AvgIpc) is 2.49. The fourth-order valence-corrected chi connectivity index (χ4v) is 2.20. The number of rotatable bonds is 5. The molecule has 2 aromatic rings. The lowest BCUT2D eigenvalue weighted by Gasteiger charge is -2.06. The van der Waals surface area contributed by atoms with Gasteiger partial charge in [0.1, 0.15) is 5.75 Å². The maximum absolute atomic E-state index is 12.0. The lowest BCUT2D eigenvalue weighted by Crippen LogP contribution is -2.18. The highest BCUT2D eigenvalue weighted by Gasteiger charge is 2.07. The van der Waals surface area contributed by atoms with Gasteiger partial charge in [0, 0.05) is 10.0 Å². The molecule has 5 heteroatoms. The molecule has 108 valence electrons. The Labute approximate surface area is 132 Å². The molecule has 0 bridgehead atoms.